The normalized spacial score (nSPS) is 15.6. The number of aryl methyl sites for hydroxylation is 1. The Kier molecular flexibility index (Phi) is 4.19. The molecule has 0 saturated carbocycles. The molecule has 0 spiro atoms. The van der Waals surface area contributed by atoms with Gasteiger partial charge in [-0.3, -0.25) is 0 Å². The van der Waals surface area contributed by atoms with Crippen LogP contribution in [0.5, 0.6) is 0 Å². The summed E-state index contributed by atoms with van der Waals surface area (Å²) >= 11 is 0. The van der Waals surface area contributed by atoms with Gasteiger partial charge in [-0.1, -0.05) is 12.6 Å². The van der Waals surface area contributed by atoms with Crippen LogP contribution < -0.4 is 10.6 Å². The van der Waals surface area contributed by atoms with Crippen LogP contribution in [0.15, 0.2) is 43.2 Å². The highest BCUT2D eigenvalue weighted by atomic mass is 19.1. The van der Waals surface area contributed by atoms with Crippen LogP contribution in [-0.2, 0) is 6.42 Å². The molecule has 0 amide bonds. The summed E-state index contributed by atoms with van der Waals surface area (Å²) in [4.78, 5) is 4.69. The van der Waals surface area contributed by atoms with Crippen molar-refractivity contribution in [1.82, 2.24) is 25.2 Å². The molecule has 0 atom stereocenters. The van der Waals surface area contributed by atoms with Gasteiger partial charge in [-0.05, 0) is 48.7 Å². The summed E-state index contributed by atoms with van der Waals surface area (Å²) in [5, 5.41) is 11.0. The van der Waals surface area contributed by atoms with E-state index in [0.717, 1.165) is 60.6 Å². The second-order valence-corrected chi connectivity index (χ2v) is 6.25. The van der Waals surface area contributed by atoms with Crippen LogP contribution in [0.1, 0.15) is 17.7 Å². The van der Waals surface area contributed by atoms with E-state index in [9.17, 15) is 4.39 Å². The highest BCUT2D eigenvalue weighted by Crippen LogP contribution is 2.26. The van der Waals surface area contributed by atoms with E-state index in [1.54, 1.807) is 16.8 Å². The minimum Gasteiger partial charge on any atom is -0.383 e. The van der Waals surface area contributed by atoms with Gasteiger partial charge in [0.25, 0.3) is 0 Å². The first-order chi connectivity index (χ1) is 12.2. The highest BCUT2D eigenvalue weighted by molar-refractivity contribution is 5.78. The van der Waals surface area contributed by atoms with Crippen LogP contribution in [0.25, 0.3) is 22.5 Å². The third-order valence-corrected chi connectivity index (χ3v) is 4.41. The maximum Gasteiger partial charge on any atom is 0.163 e. The molecule has 0 radical (unpaired) electrons. The summed E-state index contributed by atoms with van der Waals surface area (Å²) < 4.78 is 15.8. The van der Waals surface area contributed by atoms with Crippen molar-refractivity contribution in [3.63, 3.8) is 0 Å². The lowest BCUT2D eigenvalue weighted by molar-refractivity contribution is 0.618. The molecule has 2 aromatic heterocycles. The summed E-state index contributed by atoms with van der Waals surface area (Å²) in [6, 6.07) is 7.05. The first-order valence-corrected chi connectivity index (χ1v) is 8.49. The fraction of sp³-hybridized carbons (Fsp3) is 0.263. The average Bonchev–Trinajstić information content (AvgIpc) is 3.02. The van der Waals surface area contributed by atoms with Crippen molar-refractivity contribution in [1.29, 1.82) is 0 Å². The van der Waals surface area contributed by atoms with Gasteiger partial charge in [0.15, 0.2) is 5.65 Å². The summed E-state index contributed by atoms with van der Waals surface area (Å²) in [6.45, 7) is 6.58. The number of nitrogens with one attached hydrogen (secondary N) is 2. The summed E-state index contributed by atoms with van der Waals surface area (Å²) in [6.07, 6.45) is 5.38. The van der Waals surface area contributed by atoms with Crippen molar-refractivity contribution in [3.8, 4) is 11.1 Å². The van der Waals surface area contributed by atoms with Crippen molar-refractivity contribution >= 4 is 11.3 Å². The molecule has 0 aliphatic carbocycles. The molecular formula is C19H20FN5. The van der Waals surface area contributed by atoms with E-state index in [2.05, 4.69) is 27.3 Å². The van der Waals surface area contributed by atoms with E-state index < -0.39 is 0 Å². The largest absolute Gasteiger partial charge is 0.383 e. The highest BCUT2D eigenvalue weighted by Gasteiger charge is 2.12. The Morgan fingerprint density at radius 2 is 2.08 bits per heavy atom. The number of rotatable bonds is 0. The molecule has 0 fully saturated rings. The Morgan fingerprint density at radius 3 is 3.00 bits per heavy atom. The van der Waals surface area contributed by atoms with E-state index in [0.29, 0.717) is 5.65 Å². The fourth-order valence-corrected chi connectivity index (χ4v) is 3.13. The number of benzene rings is 1. The SMILES string of the molecule is C=C1NCCNCCCc2cc(F)cc(c2)-c2cnn3ccc1nc23. The summed E-state index contributed by atoms with van der Waals surface area (Å²) in [5.74, 6) is -0.230. The Bertz CT molecular complexity index is 931. The predicted octanol–water partition coefficient (Wildman–Crippen LogP) is 2.63. The lowest BCUT2D eigenvalue weighted by Gasteiger charge is -2.10. The maximum atomic E-state index is 14.1. The molecule has 1 aliphatic heterocycles. The molecule has 4 bridgehead atoms. The molecule has 1 aromatic carbocycles. The first-order valence-electron chi connectivity index (χ1n) is 8.49. The first kappa shape index (κ1) is 15.8. The Labute approximate surface area is 145 Å². The second kappa shape index (κ2) is 6.64. The van der Waals surface area contributed by atoms with Crippen LogP contribution in [0.4, 0.5) is 4.39 Å². The smallest absolute Gasteiger partial charge is 0.163 e. The molecule has 0 saturated heterocycles. The van der Waals surface area contributed by atoms with Crippen molar-refractivity contribution in [2.45, 2.75) is 12.8 Å². The van der Waals surface area contributed by atoms with Gasteiger partial charge < -0.3 is 10.6 Å². The molecule has 3 heterocycles. The number of fused-ring (bicyclic) bond motifs is 4. The lowest BCUT2D eigenvalue weighted by Crippen LogP contribution is -2.27. The van der Waals surface area contributed by atoms with Gasteiger partial charge in [-0.25, -0.2) is 13.9 Å². The van der Waals surface area contributed by atoms with E-state index in [1.807, 2.05) is 18.3 Å². The van der Waals surface area contributed by atoms with Crippen molar-refractivity contribution in [3.05, 3.63) is 60.3 Å². The number of hydrogen-bond donors (Lipinski definition) is 2. The van der Waals surface area contributed by atoms with Crippen molar-refractivity contribution in [2.75, 3.05) is 19.6 Å². The van der Waals surface area contributed by atoms with Gasteiger partial charge in [0.2, 0.25) is 0 Å². The Morgan fingerprint density at radius 1 is 1.16 bits per heavy atom. The van der Waals surface area contributed by atoms with E-state index in [-0.39, 0.29) is 5.82 Å². The number of hydrogen-bond acceptors (Lipinski definition) is 4. The van der Waals surface area contributed by atoms with Crippen LogP contribution in [0, 0.1) is 5.82 Å². The summed E-state index contributed by atoms with van der Waals surface area (Å²) in [5.41, 5.74) is 4.85. The third kappa shape index (κ3) is 3.25. The molecule has 25 heavy (non-hydrogen) atoms. The average molecular weight is 337 g/mol. The molecule has 3 aromatic rings. The summed E-state index contributed by atoms with van der Waals surface area (Å²) in [7, 11) is 0. The number of halogens is 1. The van der Waals surface area contributed by atoms with Crippen molar-refractivity contribution < 1.29 is 4.39 Å². The van der Waals surface area contributed by atoms with Gasteiger partial charge in [-0.2, -0.15) is 5.10 Å². The van der Waals surface area contributed by atoms with Gasteiger partial charge in [0.05, 0.1) is 17.6 Å². The van der Waals surface area contributed by atoms with E-state index in [4.69, 9.17) is 0 Å². The van der Waals surface area contributed by atoms with Gasteiger partial charge in [0, 0.05) is 24.8 Å². The minimum absolute atomic E-state index is 0.230. The zero-order valence-corrected chi connectivity index (χ0v) is 13.9. The molecule has 6 heteroatoms. The molecule has 5 nitrogen and oxygen atoms in total. The standard InChI is InChI=1S/C19H20FN5/c1-13-18-4-8-25-19(24-18)17(12-23-25)15-9-14(10-16(20)11-15)3-2-5-21-6-7-22-13/h4,8-12,21-22H,1-3,5-7H2. The lowest BCUT2D eigenvalue weighted by atomic mass is 10.0. The van der Waals surface area contributed by atoms with Crippen LogP contribution in [-0.4, -0.2) is 34.2 Å². The van der Waals surface area contributed by atoms with Gasteiger partial charge >= 0.3 is 0 Å². The topological polar surface area (TPSA) is 54.2 Å². The number of aromatic nitrogens is 3. The predicted molar refractivity (Wildman–Crippen MR) is 96.6 cm³/mol. The zero-order chi connectivity index (χ0) is 17.2. The van der Waals surface area contributed by atoms with Crippen LogP contribution in [0.2, 0.25) is 0 Å². The van der Waals surface area contributed by atoms with E-state index >= 15 is 0 Å². The van der Waals surface area contributed by atoms with Gasteiger partial charge in [-0.15, -0.1) is 0 Å². The Balaban J connectivity index is 1.85. The third-order valence-electron chi connectivity index (χ3n) is 4.41. The molecule has 2 N–H and O–H groups in total. The number of nitrogens with zero attached hydrogens (tertiary/aromatic N) is 3. The molecule has 4 rings (SSSR count). The van der Waals surface area contributed by atoms with Crippen LogP contribution in [0.3, 0.4) is 0 Å². The monoisotopic (exact) mass is 337 g/mol. The van der Waals surface area contributed by atoms with Crippen LogP contribution >= 0.6 is 0 Å². The fourth-order valence-electron chi connectivity index (χ4n) is 3.13. The maximum absolute atomic E-state index is 14.1. The zero-order valence-electron chi connectivity index (χ0n) is 13.9. The molecular weight excluding hydrogens is 317 g/mol. The molecule has 128 valence electrons. The molecule has 0 unspecified atom stereocenters. The molecule has 1 aliphatic rings. The van der Waals surface area contributed by atoms with Gasteiger partial charge in [0.1, 0.15) is 5.82 Å². The van der Waals surface area contributed by atoms with Crippen molar-refractivity contribution in [2.24, 2.45) is 0 Å². The van der Waals surface area contributed by atoms with E-state index in [1.165, 1.54) is 6.07 Å². The minimum atomic E-state index is -0.230. The Hall–Kier alpha value is -2.73. The second-order valence-electron chi connectivity index (χ2n) is 6.25. The quantitative estimate of drug-likeness (QED) is 0.662.